The lowest BCUT2D eigenvalue weighted by atomic mass is 10.1. The largest absolute Gasteiger partial charge is 0.480 e. The lowest BCUT2D eigenvalue weighted by molar-refractivity contribution is 0.397. The molecule has 0 spiro atoms. The SMILES string of the molecule is CCS(=O)(=O)c1ccc(CNc2nc3cnc(-c4c(OC)ncnc4C4CC4)nc3n(C3CCCC3C#N)c2=O)nc1. The van der Waals surface area contributed by atoms with E-state index in [1.807, 2.05) is 0 Å². The van der Waals surface area contributed by atoms with E-state index in [1.165, 1.54) is 25.7 Å². The zero-order chi connectivity index (χ0) is 29.4. The van der Waals surface area contributed by atoms with E-state index in [-0.39, 0.29) is 40.9 Å². The van der Waals surface area contributed by atoms with Gasteiger partial charge in [0.25, 0.3) is 5.56 Å². The molecule has 2 fully saturated rings. The molecule has 13 nitrogen and oxygen atoms in total. The van der Waals surface area contributed by atoms with Crippen LogP contribution >= 0.6 is 0 Å². The number of methoxy groups -OCH3 is 1. The maximum atomic E-state index is 14.0. The van der Waals surface area contributed by atoms with Crippen molar-refractivity contribution in [2.45, 2.75) is 62.4 Å². The van der Waals surface area contributed by atoms with Crippen LogP contribution in [0, 0.1) is 17.2 Å². The molecule has 4 heterocycles. The number of nitriles is 1. The summed E-state index contributed by atoms with van der Waals surface area (Å²) >= 11 is 0. The fourth-order valence-electron chi connectivity index (χ4n) is 5.40. The van der Waals surface area contributed by atoms with Gasteiger partial charge >= 0.3 is 0 Å². The number of aromatic nitrogens is 7. The van der Waals surface area contributed by atoms with E-state index in [1.54, 1.807) is 23.8 Å². The second-order valence-electron chi connectivity index (χ2n) is 10.4. The van der Waals surface area contributed by atoms with Gasteiger partial charge in [0.2, 0.25) is 5.88 Å². The first kappa shape index (κ1) is 27.6. The van der Waals surface area contributed by atoms with E-state index in [4.69, 9.17) is 9.72 Å². The van der Waals surface area contributed by atoms with Crippen LogP contribution < -0.4 is 15.6 Å². The smallest absolute Gasteiger partial charge is 0.295 e. The summed E-state index contributed by atoms with van der Waals surface area (Å²) in [6.45, 7) is 1.71. The van der Waals surface area contributed by atoms with Gasteiger partial charge in [-0.3, -0.25) is 14.3 Å². The number of fused-ring (bicyclic) bond motifs is 1. The molecule has 4 aromatic rings. The first-order chi connectivity index (χ1) is 20.3. The van der Waals surface area contributed by atoms with Crippen molar-refractivity contribution in [3.05, 3.63) is 52.6 Å². The summed E-state index contributed by atoms with van der Waals surface area (Å²) < 4.78 is 31.3. The first-order valence-electron chi connectivity index (χ1n) is 13.8. The van der Waals surface area contributed by atoms with Crippen LogP contribution in [-0.2, 0) is 16.4 Å². The van der Waals surface area contributed by atoms with Gasteiger partial charge in [0, 0.05) is 12.1 Å². The van der Waals surface area contributed by atoms with E-state index in [0.717, 1.165) is 25.0 Å². The third-order valence-corrected chi connectivity index (χ3v) is 9.53. The molecule has 2 atom stereocenters. The number of hydrogen-bond acceptors (Lipinski definition) is 12. The highest BCUT2D eigenvalue weighted by Crippen LogP contribution is 2.45. The molecule has 0 radical (unpaired) electrons. The summed E-state index contributed by atoms with van der Waals surface area (Å²) in [6, 6.07) is 5.07. The molecular formula is C28H29N9O4S. The van der Waals surface area contributed by atoms with E-state index in [9.17, 15) is 18.5 Å². The zero-order valence-corrected chi connectivity index (χ0v) is 24.0. The van der Waals surface area contributed by atoms with Crippen LogP contribution in [0.4, 0.5) is 5.82 Å². The molecule has 216 valence electrons. The van der Waals surface area contributed by atoms with E-state index < -0.39 is 15.4 Å². The Bertz CT molecular complexity index is 1870. The van der Waals surface area contributed by atoms with E-state index in [2.05, 4.69) is 36.3 Å². The minimum Gasteiger partial charge on any atom is -0.480 e. The van der Waals surface area contributed by atoms with Crippen molar-refractivity contribution in [1.82, 2.24) is 34.5 Å². The molecular weight excluding hydrogens is 558 g/mol. The molecule has 2 unspecified atom stereocenters. The van der Waals surface area contributed by atoms with Crippen molar-refractivity contribution in [2.75, 3.05) is 18.2 Å². The Kier molecular flexibility index (Phi) is 7.28. The highest BCUT2D eigenvalue weighted by Gasteiger charge is 2.34. The normalized spacial score (nSPS) is 18.6. The number of rotatable bonds is 9. The quantitative estimate of drug-likeness (QED) is 0.303. The Labute approximate surface area is 242 Å². The molecule has 0 amide bonds. The van der Waals surface area contributed by atoms with Crippen molar-refractivity contribution in [3.63, 3.8) is 0 Å². The molecule has 0 bridgehead atoms. The number of nitrogens with one attached hydrogen (secondary N) is 1. The van der Waals surface area contributed by atoms with Gasteiger partial charge in [0.15, 0.2) is 27.1 Å². The van der Waals surface area contributed by atoms with Crippen LogP contribution in [0.15, 0.2) is 40.5 Å². The number of anilines is 1. The Morgan fingerprint density at radius 3 is 2.62 bits per heavy atom. The summed E-state index contributed by atoms with van der Waals surface area (Å²) in [5.41, 5.74) is 2.22. The van der Waals surface area contributed by atoms with Crippen LogP contribution in [0.3, 0.4) is 0 Å². The maximum Gasteiger partial charge on any atom is 0.295 e. The average Bonchev–Trinajstić information content (AvgIpc) is 3.76. The zero-order valence-electron chi connectivity index (χ0n) is 23.2. The van der Waals surface area contributed by atoms with Gasteiger partial charge in [-0.05, 0) is 44.2 Å². The lowest BCUT2D eigenvalue weighted by Gasteiger charge is -2.20. The van der Waals surface area contributed by atoms with Gasteiger partial charge in [-0.25, -0.2) is 33.3 Å². The molecule has 1 N–H and O–H groups in total. The molecule has 6 rings (SSSR count). The second-order valence-corrected chi connectivity index (χ2v) is 12.7. The van der Waals surface area contributed by atoms with E-state index in [0.29, 0.717) is 47.0 Å². The maximum absolute atomic E-state index is 14.0. The predicted octanol–water partition coefficient (Wildman–Crippen LogP) is 3.19. The molecule has 0 aromatic carbocycles. The Morgan fingerprint density at radius 2 is 1.93 bits per heavy atom. The highest BCUT2D eigenvalue weighted by molar-refractivity contribution is 7.91. The Hall–Kier alpha value is -4.51. The molecule has 2 aliphatic carbocycles. The third-order valence-electron chi connectivity index (χ3n) is 7.81. The second kappa shape index (κ2) is 11.1. The molecule has 14 heteroatoms. The molecule has 4 aromatic heterocycles. The van der Waals surface area contributed by atoms with Crippen molar-refractivity contribution in [1.29, 1.82) is 5.26 Å². The highest BCUT2D eigenvalue weighted by atomic mass is 32.2. The average molecular weight is 588 g/mol. The van der Waals surface area contributed by atoms with Crippen molar-refractivity contribution < 1.29 is 13.2 Å². The van der Waals surface area contributed by atoms with Gasteiger partial charge in [0.05, 0.1) is 59.9 Å². The van der Waals surface area contributed by atoms with Gasteiger partial charge in [-0.15, -0.1) is 0 Å². The fraction of sp³-hybridized carbons (Fsp3) is 0.429. The number of nitrogens with zero attached hydrogens (tertiary/aromatic N) is 8. The van der Waals surface area contributed by atoms with Gasteiger partial charge in [-0.1, -0.05) is 6.92 Å². The molecule has 2 aliphatic rings. The summed E-state index contributed by atoms with van der Waals surface area (Å²) in [6.07, 6.45) is 8.47. The van der Waals surface area contributed by atoms with Crippen LogP contribution in [0.25, 0.3) is 22.6 Å². The standard InChI is InChI=1S/C28H29N9O4S/c1-3-42(39,40)19-10-9-18(30-13-19)12-31-25-28(38)37(21-6-4-5-17(21)11-29)26-20(35-25)14-32-24(36-26)22-23(16-7-8-16)33-15-34-27(22)41-2/h9-10,13-17,21H,3-8,12H2,1-2H3,(H,31,35). The third kappa shape index (κ3) is 5.04. The summed E-state index contributed by atoms with van der Waals surface area (Å²) in [5.74, 6) is 0.640. The van der Waals surface area contributed by atoms with Gasteiger partial charge < -0.3 is 10.1 Å². The predicted molar refractivity (Wildman–Crippen MR) is 152 cm³/mol. The summed E-state index contributed by atoms with van der Waals surface area (Å²) in [7, 11) is -1.84. The van der Waals surface area contributed by atoms with Crippen LogP contribution in [0.2, 0.25) is 0 Å². The minimum absolute atomic E-state index is 0.0204. The van der Waals surface area contributed by atoms with Crippen LogP contribution in [-0.4, -0.2) is 55.8 Å². The Balaban J connectivity index is 1.43. The summed E-state index contributed by atoms with van der Waals surface area (Å²) in [4.78, 5) is 41.1. The topological polar surface area (TPSA) is 179 Å². The Morgan fingerprint density at radius 1 is 1.10 bits per heavy atom. The van der Waals surface area contributed by atoms with Gasteiger partial charge in [0.1, 0.15) is 17.4 Å². The number of hydrogen-bond donors (Lipinski definition) is 1. The monoisotopic (exact) mass is 587 g/mol. The fourth-order valence-corrected chi connectivity index (χ4v) is 6.22. The van der Waals surface area contributed by atoms with Gasteiger partial charge in [-0.2, -0.15) is 5.26 Å². The number of sulfone groups is 1. The van der Waals surface area contributed by atoms with Crippen molar-refractivity contribution >= 4 is 26.8 Å². The minimum atomic E-state index is -3.37. The lowest BCUT2D eigenvalue weighted by Crippen LogP contribution is -2.31. The van der Waals surface area contributed by atoms with E-state index >= 15 is 0 Å². The first-order valence-corrected chi connectivity index (χ1v) is 15.5. The van der Waals surface area contributed by atoms with Crippen LogP contribution in [0.5, 0.6) is 5.88 Å². The number of pyridine rings is 1. The molecule has 0 aliphatic heterocycles. The van der Waals surface area contributed by atoms with Crippen molar-refractivity contribution in [3.8, 4) is 23.3 Å². The molecule has 2 saturated carbocycles. The number of ether oxygens (including phenoxy) is 1. The molecule has 0 saturated heterocycles. The van der Waals surface area contributed by atoms with Crippen LogP contribution in [0.1, 0.15) is 62.4 Å². The van der Waals surface area contributed by atoms with Crippen molar-refractivity contribution in [2.24, 2.45) is 5.92 Å². The summed E-state index contributed by atoms with van der Waals surface area (Å²) in [5, 5.41) is 12.9. The molecule has 42 heavy (non-hydrogen) atoms.